The Morgan fingerprint density at radius 3 is 2.52 bits per heavy atom. The number of carbonyl (C=O) groups is 2. The van der Waals surface area contributed by atoms with Crippen LogP contribution in [-0.4, -0.2) is 77.7 Å². The second kappa shape index (κ2) is 7.23. The maximum absolute atomic E-state index is 13.1. The number of aromatic nitrogens is 2. The molecule has 3 rings (SSSR count). The highest BCUT2D eigenvalue weighted by molar-refractivity contribution is 7.88. The molecule has 1 aliphatic carbocycles. The summed E-state index contributed by atoms with van der Waals surface area (Å²) in [7, 11) is -0.286. The van der Waals surface area contributed by atoms with Crippen LogP contribution in [0.2, 0.25) is 0 Å². The third kappa shape index (κ3) is 4.16. The van der Waals surface area contributed by atoms with E-state index in [1.54, 1.807) is 34.6 Å². The van der Waals surface area contributed by atoms with E-state index in [1.165, 1.54) is 0 Å². The first-order valence-electron chi connectivity index (χ1n) is 9.14. The lowest BCUT2D eigenvalue weighted by molar-refractivity contribution is -0.132. The second-order valence-corrected chi connectivity index (χ2v) is 9.39. The van der Waals surface area contributed by atoms with E-state index < -0.39 is 16.1 Å². The maximum Gasteiger partial charge on any atom is 0.246 e. The average molecular weight is 398 g/mol. The van der Waals surface area contributed by atoms with Crippen LogP contribution < -0.4 is 4.90 Å². The van der Waals surface area contributed by atoms with Gasteiger partial charge in [0, 0.05) is 32.7 Å². The van der Waals surface area contributed by atoms with Crippen molar-refractivity contribution in [2.75, 3.05) is 31.3 Å². The molecule has 0 radical (unpaired) electrons. The summed E-state index contributed by atoms with van der Waals surface area (Å²) in [4.78, 5) is 28.8. The second-order valence-electron chi connectivity index (χ2n) is 7.46. The molecule has 2 fully saturated rings. The number of piperidine rings is 1. The van der Waals surface area contributed by atoms with Crippen molar-refractivity contribution >= 4 is 27.7 Å². The van der Waals surface area contributed by atoms with E-state index in [1.807, 2.05) is 6.92 Å². The first kappa shape index (κ1) is 19.8. The normalized spacial score (nSPS) is 21.0. The Morgan fingerprint density at radius 2 is 2.00 bits per heavy atom. The minimum atomic E-state index is -3.73. The van der Waals surface area contributed by atoms with Crippen molar-refractivity contribution in [3.05, 3.63) is 11.8 Å². The lowest BCUT2D eigenvalue weighted by Gasteiger charge is -2.37. The predicted molar refractivity (Wildman–Crippen MR) is 101 cm³/mol. The molecule has 0 spiro atoms. The van der Waals surface area contributed by atoms with E-state index in [2.05, 4.69) is 5.10 Å². The molecule has 1 atom stereocenters. The van der Waals surface area contributed by atoms with Gasteiger partial charge in [-0.2, -0.15) is 9.40 Å². The molecule has 0 aromatic carbocycles. The van der Waals surface area contributed by atoms with E-state index >= 15 is 0 Å². The highest BCUT2D eigenvalue weighted by Gasteiger charge is 2.41. The quantitative estimate of drug-likeness (QED) is 0.679. The Labute approximate surface area is 159 Å². The van der Waals surface area contributed by atoms with Gasteiger partial charge in [-0.05, 0) is 32.6 Å². The molecule has 1 aromatic rings. The van der Waals surface area contributed by atoms with Gasteiger partial charge in [-0.1, -0.05) is 0 Å². The number of hydrogen-bond donors (Lipinski definition) is 0. The van der Waals surface area contributed by atoms with E-state index in [0.29, 0.717) is 25.2 Å². The molecule has 2 heterocycles. The van der Waals surface area contributed by atoms with Gasteiger partial charge < -0.3 is 4.90 Å². The number of sulfonamides is 1. The lowest BCUT2D eigenvalue weighted by Crippen LogP contribution is -2.56. The molecule has 9 nitrogen and oxygen atoms in total. The maximum atomic E-state index is 13.1. The number of likely N-dealkylation sites (N-methyl/N-ethyl adjacent to an activating group) is 1. The van der Waals surface area contributed by atoms with Crippen LogP contribution >= 0.6 is 0 Å². The highest BCUT2D eigenvalue weighted by Crippen LogP contribution is 2.28. The molecule has 150 valence electrons. The smallest absolute Gasteiger partial charge is 0.246 e. The molecule has 0 N–H and O–H groups in total. The minimum absolute atomic E-state index is 0.190. The van der Waals surface area contributed by atoms with Crippen LogP contribution in [0.25, 0.3) is 0 Å². The molecule has 1 unspecified atom stereocenters. The topological polar surface area (TPSA) is 95.8 Å². The van der Waals surface area contributed by atoms with Crippen molar-refractivity contribution in [2.24, 2.45) is 7.05 Å². The van der Waals surface area contributed by atoms with Crippen LogP contribution in [0.15, 0.2) is 6.07 Å². The summed E-state index contributed by atoms with van der Waals surface area (Å²) in [5, 5.41) is 4.27. The first-order valence-corrected chi connectivity index (χ1v) is 11.0. The first-order chi connectivity index (χ1) is 12.6. The van der Waals surface area contributed by atoms with Crippen LogP contribution in [0.3, 0.4) is 0 Å². The monoisotopic (exact) mass is 397 g/mol. The third-order valence-electron chi connectivity index (χ3n) is 5.22. The summed E-state index contributed by atoms with van der Waals surface area (Å²) in [6.07, 6.45) is 3.99. The number of amides is 2. The van der Waals surface area contributed by atoms with Gasteiger partial charge in [0.05, 0.1) is 18.5 Å². The summed E-state index contributed by atoms with van der Waals surface area (Å²) in [5.74, 6) is 0.0536. The van der Waals surface area contributed by atoms with Gasteiger partial charge in [-0.25, -0.2) is 8.42 Å². The zero-order valence-corrected chi connectivity index (χ0v) is 17.1. The molecule has 2 aliphatic rings. The molecule has 1 aliphatic heterocycles. The van der Waals surface area contributed by atoms with Crippen molar-refractivity contribution in [2.45, 2.75) is 44.7 Å². The van der Waals surface area contributed by atoms with Crippen LogP contribution in [0.5, 0.6) is 0 Å². The standard InChI is InChI=1S/C17H27N5O4S/c1-12-10-15(20(3)18-12)21-9-5-6-14(17(21)24)22(27(4,25)26)11-16(23)19(2)13-7-8-13/h10,13-14H,5-9,11H2,1-4H3. The minimum Gasteiger partial charge on any atom is -0.342 e. The molecule has 1 aromatic heterocycles. The molecule has 10 heteroatoms. The summed E-state index contributed by atoms with van der Waals surface area (Å²) in [6, 6.07) is 1.12. The zero-order valence-electron chi connectivity index (χ0n) is 16.3. The number of hydrogen-bond acceptors (Lipinski definition) is 5. The summed E-state index contributed by atoms with van der Waals surface area (Å²) in [5.41, 5.74) is 0.781. The molecular weight excluding hydrogens is 370 g/mol. The third-order valence-corrected chi connectivity index (χ3v) is 6.45. The average Bonchev–Trinajstić information content (AvgIpc) is 3.36. The number of aryl methyl sites for hydroxylation is 2. The van der Waals surface area contributed by atoms with Gasteiger partial charge in [-0.15, -0.1) is 0 Å². The molecule has 2 amide bonds. The van der Waals surface area contributed by atoms with Gasteiger partial charge in [0.25, 0.3) is 0 Å². The largest absolute Gasteiger partial charge is 0.342 e. The van der Waals surface area contributed by atoms with Crippen molar-refractivity contribution in [1.82, 2.24) is 19.0 Å². The molecule has 1 saturated carbocycles. The predicted octanol–water partition coefficient (Wildman–Crippen LogP) is 0.106. The molecule has 0 bridgehead atoms. The van der Waals surface area contributed by atoms with E-state index in [9.17, 15) is 18.0 Å². The summed E-state index contributed by atoms with van der Waals surface area (Å²) < 4.78 is 27.5. The van der Waals surface area contributed by atoms with E-state index in [0.717, 1.165) is 29.1 Å². The van der Waals surface area contributed by atoms with Gasteiger partial charge in [0.1, 0.15) is 11.9 Å². The van der Waals surface area contributed by atoms with Gasteiger partial charge in [-0.3, -0.25) is 19.2 Å². The number of anilines is 1. The summed E-state index contributed by atoms with van der Waals surface area (Å²) in [6.45, 7) is 2.03. The SMILES string of the molecule is Cc1cc(N2CCCC(N(CC(=O)N(C)C3CC3)S(C)(=O)=O)C2=O)n(C)n1. The number of nitrogens with zero attached hydrogens (tertiary/aromatic N) is 5. The van der Waals surface area contributed by atoms with Gasteiger partial charge >= 0.3 is 0 Å². The zero-order chi connectivity index (χ0) is 19.9. The van der Waals surface area contributed by atoms with Crippen molar-refractivity contribution < 1.29 is 18.0 Å². The van der Waals surface area contributed by atoms with Crippen LogP contribution in [0.1, 0.15) is 31.4 Å². The van der Waals surface area contributed by atoms with Gasteiger partial charge in [0.2, 0.25) is 21.8 Å². The Hall–Kier alpha value is -1.94. The fraction of sp³-hybridized carbons (Fsp3) is 0.706. The molecule has 1 saturated heterocycles. The Bertz CT molecular complexity index is 846. The van der Waals surface area contributed by atoms with Crippen molar-refractivity contribution in [3.8, 4) is 0 Å². The number of rotatable bonds is 6. The van der Waals surface area contributed by atoms with Crippen molar-refractivity contribution in [3.63, 3.8) is 0 Å². The fourth-order valence-electron chi connectivity index (χ4n) is 3.57. The highest BCUT2D eigenvalue weighted by atomic mass is 32.2. The van der Waals surface area contributed by atoms with Crippen molar-refractivity contribution in [1.29, 1.82) is 0 Å². The Balaban J connectivity index is 1.84. The Morgan fingerprint density at radius 1 is 1.33 bits per heavy atom. The number of carbonyl (C=O) groups excluding carboxylic acids is 2. The summed E-state index contributed by atoms with van der Waals surface area (Å²) >= 11 is 0. The van der Waals surface area contributed by atoms with Crippen LogP contribution in [0, 0.1) is 6.92 Å². The van der Waals surface area contributed by atoms with Gasteiger partial charge in [0.15, 0.2) is 0 Å². The Kier molecular flexibility index (Phi) is 5.31. The fourth-order valence-corrected chi connectivity index (χ4v) is 4.57. The van der Waals surface area contributed by atoms with E-state index in [4.69, 9.17) is 0 Å². The van der Waals surface area contributed by atoms with Crippen LogP contribution in [-0.2, 0) is 26.7 Å². The van der Waals surface area contributed by atoms with E-state index in [-0.39, 0.29) is 24.4 Å². The molecule has 27 heavy (non-hydrogen) atoms. The van der Waals surface area contributed by atoms with Crippen LogP contribution in [0.4, 0.5) is 5.82 Å². The molecular formula is C17H27N5O4S. The lowest BCUT2D eigenvalue weighted by atomic mass is 10.0.